The van der Waals surface area contributed by atoms with E-state index in [9.17, 15) is 19.7 Å². The van der Waals surface area contributed by atoms with Crippen LogP contribution in [0, 0.1) is 24.0 Å². The number of carbonyl (C=O) groups excluding carboxylic acids is 1. The van der Waals surface area contributed by atoms with Crippen LogP contribution < -0.4 is 10.7 Å². The number of carbonyl (C=O) groups is 1. The van der Waals surface area contributed by atoms with E-state index in [1.165, 1.54) is 39.6 Å². The smallest absolute Gasteiger partial charge is 0.407 e. The quantitative estimate of drug-likeness (QED) is 0.432. The maximum Gasteiger partial charge on any atom is 0.419 e. The third-order valence-electron chi connectivity index (χ3n) is 6.18. The Balaban J connectivity index is 1.32. The van der Waals surface area contributed by atoms with Crippen molar-refractivity contribution in [1.82, 2.24) is 9.47 Å². The summed E-state index contributed by atoms with van der Waals surface area (Å²) in [7, 11) is 0. The molecule has 0 radical (unpaired) electrons. The van der Waals surface area contributed by atoms with E-state index in [4.69, 9.17) is 4.42 Å². The van der Waals surface area contributed by atoms with Gasteiger partial charge in [0, 0.05) is 50.9 Å². The first-order chi connectivity index (χ1) is 15.3. The molecule has 2 heterocycles. The molecule has 0 bridgehead atoms. The molecule has 1 saturated heterocycles. The molecule has 168 valence electrons. The van der Waals surface area contributed by atoms with Gasteiger partial charge in [0.1, 0.15) is 0 Å². The van der Waals surface area contributed by atoms with Crippen LogP contribution in [0.3, 0.4) is 0 Å². The molecule has 1 aliphatic rings. The number of piperazine rings is 1. The van der Waals surface area contributed by atoms with Gasteiger partial charge in [-0.2, -0.15) is 0 Å². The second kappa shape index (κ2) is 8.86. The number of hydrogen-bond donors (Lipinski definition) is 0. The predicted molar refractivity (Wildman–Crippen MR) is 121 cm³/mol. The van der Waals surface area contributed by atoms with Gasteiger partial charge >= 0.3 is 5.76 Å². The summed E-state index contributed by atoms with van der Waals surface area (Å²) >= 11 is 0. The molecule has 3 aromatic rings. The number of hydrogen-bond acceptors (Lipinski definition) is 6. The van der Waals surface area contributed by atoms with Gasteiger partial charge in [0.15, 0.2) is 5.58 Å². The van der Waals surface area contributed by atoms with E-state index in [0.29, 0.717) is 38.0 Å². The summed E-state index contributed by atoms with van der Waals surface area (Å²) in [5.41, 5.74) is 4.30. The fourth-order valence-corrected chi connectivity index (χ4v) is 4.20. The number of aromatic nitrogens is 1. The zero-order chi connectivity index (χ0) is 22.8. The SMILES string of the molecule is Cc1cccc(N2CCN(C(=O)CCCn3c(=O)oc4cc([N+](=O)[O-])ccc43)CC2)c1C. The lowest BCUT2D eigenvalue weighted by Crippen LogP contribution is -2.49. The number of nitrogens with zero attached hydrogens (tertiary/aromatic N) is 4. The normalized spacial score (nSPS) is 14.2. The van der Waals surface area contributed by atoms with Crippen molar-refractivity contribution in [2.75, 3.05) is 31.1 Å². The molecule has 0 saturated carbocycles. The van der Waals surface area contributed by atoms with Crippen LogP contribution in [-0.2, 0) is 11.3 Å². The zero-order valence-electron chi connectivity index (χ0n) is 18.2. The number of fused-ring (bicyclic) bond motifs is 1. The number of oxazole rings is 1. The van der Waals surface area contributed by atoms with E-state index in [1.54, 1.807) is 0 Å². The Hall–Kier alpha value is -3.62. The molecule has 1 amide bonds. The molecule has 9 heteroatoms. The molecule has 0 aliphatic carbocycles. The molecule has 1 fully saturated rings. The molecule has 0 N–H and O–H groups in total. The van der Waals surface area contributed by atoms with E-state index < -0.39 is 10.7 Å². The van der Waals surface area contributed by atoms with Crippen molar-refractivity contribution < 1.29 is 14.1 Å². The van der Waals surface area contributed by atoms with Crippen molar-refractivity contribution in [3.8, 4) is 0 Å². The van der Waals surface area contributed by atoms with Crippen LogP contribution in [0.4, 0.5) is 11.4 Å². The van der Waals surface area contributed by atoms with Crippen molar-refractivity contribution in [1.29, 1.82) is 0 Å². The fourth-order valence-electron chi connectivity index (χ4n) is 4.20. The van der Waals surface area contributed by atoms with Gasteiger partial charge in [-0.3, -0.25) is 19.5 Å². The summed E-state index contributed by atoms with van der Waals surface area (Å²) in [6.07, 6.45) is 0.817. The maximum absolute atomic E-state index is 12.7. The van der Waals surface area contributed by atoms with E-state index in [1.807, 2.05) is 4.90 Å². The van der Waals surface area contributed by atoms with Crippen LogP contribution >= 0.6 is 0 Å². The first-order valence-corrected chi connectivity index (χ1v) is 10.7. The van der Waals surface area contributed by atoms with Gasteiger partial charge in [-0.15, -0.1) is 0 Å². The number of anilines is 1. The van der Waals surface area contributed by atoms with E-state index >= 15 is 0 Å². The lowest BCUT2D eigenvalue weighted by molar-refractivity contribution is -0.384. The Morgan fingerprint density at radius 3 is 2.59 bits per heavy atom. The Labute approximate surface area is 185 Å². The van der Waals surface area contributed by atoms with Gasteiger partial charge in [-0.1, -0.05) is 12.1 Å². The number of nitro groups is 1. The third kappa shape index (κ3) is 4.23. The second-order valence-corrected chi connectivity index (χ2v) is 8.12. The molecule has 1 aromatic heterocycles. The van der Waals surface area contributed by atoms with Crippen molar-refractivity contribution in [3.05, 3.63) is 68.2 Å². The van der Waals surface area contributed by atoms with Gasteiger partial charge in [0.05, 0.1) is 16.5 Å². The number of non-ortho nitro benzene ring substituents is 1. The minimum atomic E-state index is -0.574. The summed E-state index contributed by atoms with van der Waals surface area (Å²) < 4.78 is 6.56. The molecule has 9 nitrogen and oxygen atoms in total. The first kappa shape index (κ1) is 21.6. The lowest BCUT2D eigenvalue weighted by atomic mass is 10.1. The molecule has 1 aliphatic heterocycles. The minimum Gasteiger partial charge on any atom is -0.407 e. The molecule has 4 rings (SSSR count). The van der Waals surface area contributed by atoms with Crippen LogP contribution in [0.2, 0.25) is 0 Å². The monoisotopic (exact) mass is 438 g/mol. The van der Waals surface area contributed by atoms with Crippen molar-refractivity contribution in [2.45, 2.75) is 33.2 Å². The minimum absolute atomic E-state index is 0.0714. The summed E-state index contributed by atoms with van der Waals surface area (Å²) in [6.45, 7) is 7.48. The second-order valence-electron chi connectivity index (χ2n) is 8.12. The topological polar surface area (TPSA) is 102 Å². The first-order valence-electron chi connectivity index (χ1n) is 10.7. The van der Waals surface area contributed by atoms with E-state index in [-0.39, 0.29) is 17.2 Å². The Morgan fingerprint density at radius 2 is 1.88 bits per heavy atom. The molecule has 32 heavy (non-hydrogen) atoms. The summed E-state index contributed by atoms with van der Waals surface area (Å²) in [5, 5.41) is 10.9. The van der Waals surface area contributed by atoms with Crippen molar-refractivity contribution in [3.63, 3.8) is 0 Å². The molecule has 0 unspecified atom stereocenters. The summed E-state index contributed by atoms with van der Waals surface area (Å²) in [5.74, 6) is -0.503. The largest absolute Gasteiger partial charge is 0.419 e. The average molecular weight is 438 g/mol. The number of rotatable bonds is 6. The van der Waals surface area contributed by atoms with Gasteiger partial charge in [-0.25, -0.2) is 4.79 Å². The summed E-state index contributed by atoms with van der Waals surface area (Å²) in [6, 6.07) is 10.4. The van der Waals surface area contributed by atoms with Crippen molar-refractivity contribution in [2.24, 2.45) is 0 Å². The van der Waals surface area contributed by atoms with Crippen LogP contribution in [0.15, 0.2) is 45.6 Å². The van der Waals surface area contributed by atoms with Gasteiger partial charge in [0.2, 0.25) is 5.91 Å². The number of aryl methyl sites for hydroxylation is 2. The van der Waals surface area contributed by atoms with Crippen LogP contribution in [-0.4, -0.2) is 46.5 Å². The highest BCUT2D eigenvalue weighted by Crippen LogP contribution is 2.24. The predicted octanol–water partition coefficient (Wildman–Crippen LogP) is 3.25. The van der Waals surface area contributed by atoms with E-state index in [2.05, 4.69) is 36.9 Å². The standard InChI is InChI=1S/C23H26N4O5/c1-16-5-3-6-19(17(16)2)24-11-13-25(14-12-24)22(28)7-4-10-26-20-9-8-18(27(30)31)15-21(20)32-23(26)29/h3,5-6,8-9,15H,4,7,10-14H2,1-2H3. The van der Waals surface area contributed by atoms with Gasteiger partial charge in [-0.05, 0) is 43.5 Å². The highest BCUT2D eigenvalue weighted by molar-refractivity contribution is 5.77. The number of nitro benzene ring substituents is 1. The number of amides is 1. The summed E-state index contributed by atoms with van der Waals surface area (Å²) in [4.78, 5) is 39.4. The highest BCUT2D eigenvalue weighted by atomic mass is 16.6. The highest BCUT2D eigenvalue weighted by Gasteiger charge is 2.22. The lowest BCUT2D eigenvalue weighted by Gasteiger charge is -2.37. The fraction of sp³-hybridized carbons (Fsp3) is 0.391. The van der Waals surface area contributed by atoms with Gasteiger partial charge in [0.25, 0.3) is 5.69 Å². The Morgan fingerprint density at radius 1 is 1.12 bits per heavy atom. The van der Waals surface area contributed by atoms with Crippen LogP contribution in [0.25, 0.3) is 11.1 Å². The van der Waals surface area contributed by atoms with Crippen molar-refractivity contribution >= 4 is 28.4 Å². The molecule has 0 atom stereocenters. The number of benzene rings is 2. The Kier molecular flexibility index (Phi) is 5.98. The molecular formula is C23H26N4O5. The van der Waals surface area contributed by atoms with Gasteiger partial charge < -0.3 is 14.2 Å². The average Bonchev–Trinajstić information content (AvgIpc) is 3.10. The van der Waals surface area contributed by atoms with Crippen LogP contribution in [0.5, 0.6) is 0 Å². The zero-order valence-corrected chi connectivity index (χ0v) is 18.2. The third-order valence-corrected chi connectivity index (χ3v) is 6.18. The molecule has 2 aromatic carbocycles. The van der Waals surface area contributed by atoms with E-state index in [0.717, 1.165) is 13.1 Å². The maximum atomic E-state index is 12.7. The van der Waals surface area contributed by atoms with Crippen LogP contribution in [0.1, 0.15) is 24.0 Å². The molecular weight excluding hydrogens is 412 g/mol. The molecule has 0 spiro atoms. The Bertz CT molecular complexity index is 1220.